The molecular formula is C24H29FN2O2S. The molecule has 1 saturated carbocycles. The minimum atomic E-state index is -0.283. The molecule has 1 atom stereocenters. The molecule has 2 amide bonds. The van der Waals surface area contributed by atoms with Crippen molar-refractivity contribution in [3.63, 3.8) is 0 Å². The van der Waals surface area contributed by atoms with Crippen LogP contribution in [0.25, 0.3) is 0 Å². The normalized spacial score (nSPS) is 18.6. The number of amides is 2. The van der Waals surface area contributed by atoms with Gasteiger partial charge in [0.25, 0.3) is 0 Å². The molecule has 160 valence electrons. The van der Waals surface area contributed by atoms with E-state index < -0.39 is 0 Å². The van der Waals surface area contributed by atoms with Crippen LogP contribution in [-0.4, -0.2) is 41.2 Å². The van der Waals surface area contributed by atoms with Crippen LogP contribution in [0.4, 0.5) is 4.39 Å². The number of benzene rings is 1. The van der Waals surface area contributed by atoms with Crippen LogP contribution in [0.2, 0.25) is 0 Å². The van der Waals surface area contributed by atoms with E-state index in [1.165, 1.54) is 17.0 Å². The highest BCUT2D eigenvalue weighted by atomic mass is 32.1. The van der Waals surface area contributed by atoms with Crippen molar-refractivity contribution in [2.45, 2.75) is 51.5 Å². The summed E-state index contributed by atoms with van der Waals surface area (Å²) >= 11 is 1.71. The summed E-state index contributed by atoms with van der Waals surface area (Å²) in [7, 11) is 0. The molecule has 1 aliphatic carbocycles. The van der Waals surface area contributed by atoms with Crippen LogP contribution in [-0.2, 0) is 16.0 Å². The summed E-state index contributed by atoms with van der Waals surface area (Å²) in [5, 5.41) is 2.06. The van der Waals surface area contributed by atoms with E-state index in [9.17, 15) is 14.0 Å². The Kier molecular flexibility index (Phi) is 6.52. The fraction of sp³-hybridized carbons (Fsp3) is 0.500. The minimum Gasteiger partial charge on any atom is -0.333 e. The van der Waals surface area contributed by atoms with Crippen molar-refractivity contribution in [2.75, 3.05) is 19.6 Å². The second kappa shape index (κ2) is 9.29. The molecule has 2 aliphatic rings. The molecule has 0 radical (unpaired) electrons. The molecule has 1 aliphatic heterocycles. The number of thiophene rings is 1. The molecule has 1 aromatic carbocycles. The van der Waals surface area contributed by atoms with Crippen LogP contribution in [0.3, 0.4) is 0 Å². The SMILES string of the molecule is CCCCN(CC(=O)N1CCc2sccc2[C@H]1c1ccc(F)cc1)C(=O)C1CCC1. The summed E-state index contributed by atoms with van der Waals surface area (Å²) in [5.41, 5.74) is 2.03. The highest BCUT2D eigenvalue weighted by Gasteiger charge is 2.35. The number of hydrogen-bond acceptors (Lipinski definition) is 3. The lowest BCUT2D eigenvalue weighted by Gasteiger charge is -2.38. The van der Waals surface area contributed by atoms with E-state index in [4.69, 9.17) is 0 Å². The van der Waals surface area contributed by atoms with E-state index in [-0.39, 0.29) is 36.1 Å². The van der Waals surface area contributed by atoms with Crippen LogP contribution in [0, 0.1) is 11.7 Å². The molecule has 6 heteroatoms. The summed E-state index contributed by atoms with van der Waals surface area (Å²) in [4.78, 5) is 31.3. The van der Waals surface area contributed by atoms with Gasteiger partial charge < -0.3 is 9.80 Å². The first-order valence-corrected chi connectivity index (χ1v) is 11.9. The molecule has 0 saturated heterocycles. The Hall–Kier alpha value is -2.21. The Morgan fingerprint density at radius 2 is 1.97 bits per heavy atom. The molecule has 4 rings (SSSR count). The molecule has 0 bridgehead atoms. The zero-order chi connectivity index (χ0) is 21.1. The smallest absolute Gasteiger partial charge is 0.242 e. The van der Waals surface area contributed by atoms with Crippen molar-refractivity contribution in [1.82, 2.24) is 9.80 Å². The minimum absolute atomic E-state index is 0.0232. The van der Waals surface area contributed by atoms with E-state index in [0.717, 1.165) is 49.7 Å². The molecule has 1 aromatic heterocycles. The summed E-state index contributed by atoms with van der Waals surface area (Å²) in [6.07, 6.45) is 5.70. The topological polar surface area (TPSA) is 40.6 Å². The van der Waals surface area contributed by atoms with Gasteiger partial charge in [0.2, 0.25) is 11.8 Å². The maximum atomic E-state index is 13.5. The second-order valence-corrected chi connectivity index (χ2v) is 9.33. The summed E-state index contributed by atoms with van der Waals surface area (Å²) in [6.45, 7) is 3.48. The molecule has 2 aromatic rings. The van der Waals surface area contributed by atoms with Crippen LogP contribution < -0.4 is 0 Å². The Morgan fingerprint density at radius 3 is 2.63 bits per heavy atom. The van der Waals surface area contributed by atoms with Gasteiger partial charge in [0.05, 0.1) is 12.6 Å². The first-order chi connectivity index (χ1) is 14.6. The maximum absolute atomic E-state index is 13.5. The molecule has 30 heavy (non-hydrogen) atoms. The van der Waals surface area contributed by atoms with Gasteiger partial charge in [-0.05, 0) is 60.4 Å². The van der Waals surface area contributed by atoms with Crippen LogP contribution in [0.15, 0.2) is 35.7 Å². The molecular weight excluding hydrogens is 399 g/mol. The number of halogens is 1. The van der Waals surface area contributed by atoms with Gasteiger partial charge in [-0.1, -0.05) is 31.9 Å². The van der Waals surface area contributed by atoms with Crippen LogP contribution in [0.1, 0.15) is 61.1 Å². The van der Waals surface area contributed by atoms with Crippen molar-refractivity contribution >= 4 is 23.2 Å². The first kappa shape index (κ1) is 21.0. The number of rotatable bonds is 7. The highest BCUT2D eigenvalue weighted by molar-refractivity contribution is 7.10. The van der Waals surface area contributed by atoms with Gasteiger partial charge in [-0.25, -0.2) is 4.39 Å². The van der Waals surface area contributed by atoms with Crippen molar-refractivity contribution in [1.29, 1.82) is 0 Å². The third-order valence-corrected chi connectivity index (χ3v) is 7.34. The third kappa shape index (κ3) is 4.29. The number of carbonyl (C=O) groups is 2. The van der Waals surface area contributed by atoms with Gasteiger partial charge in [0.15, 0.2) is 0 Å². The number of hydrogen-bond donors (Lipinski definition) is 0. The van der Waals surface area contributed by atoms with Gasteiger partial charge in [-0.2, -0.15) is 0 Å². The average Bonchev–Trinajstić information content (AvgIpc) is 3.18. The Bertz CT molecular complexity index is 891. The van der Waals surface area contributed by atoms with E-state index in [1.807, 2.05) is 4.90 Å². The van der Waals surface area contributed by atoms with E-state index in [0.29, 0.717) is 13.1 Å². The molecule has 0 N–H and O–H groups in total. The predicted octanol–water partition coefficient (Wildman–Crippen LogP) is 4.79. The quantitative estimate of drug-likeness (QED) is 0.636. The lowest BCUT2D eigenvalue weighted by Crippen LogP contribution is -2.48. The number of fused-ring (bicyclic) bond motifs is 1. The zero-order valence-corrected chi connectivity index (χ0v) is 18.3. The number of carbonyl (C=O) groups excluding carboxylic acids is 2. The Balaban J connectivity index is 1.57. The first-order valence-electron chi connectivity index (χ1n) is 11.0. The van der Waals surface area contributed by atoms with E-state index in [1.54, 1.807) is 28.4 Å². The lowest BCUT2D eigenvalue weighted by atomic mass is 9.84. The highest BCUT2D eigenvalue weighted by Crippen LogP contribution is 2.38. The summed E-state index contributed by atoms with van der Waals surface area (Å²) < 4.78 is 13.5. The molecule has 2 heterocycles. The monoisotopic (exact) mass is 428 g/mol. The van der Waals surface area contributed by atoms with Gasteiger partial charge in [0.1, 0.15) is 5.82 Å². The molecule has 4 nitrogen and oxygen atoms in total. The van der Waals surface area contributed by atoms with Crippen molar-refractivity contribution in [3.05, 3.63) is 57.5 Å². The average molecular weight is 429 g/mol. The second-order valence-electron chi connectivity index (χ2n) is 8.33. The standard InChI is InChI=1S/C24H29FN2O2S/c1-2-3-13-26(24(29)18-5-4-6-18)16-22(28)27-14-11-21-20(12-15-30-21)23(27)17-7-9-19(25)10-8-17/h7-10,12,15,18,23H,2-6,11,13-14,16H2,1H3/t23-/m1/s1. The fourth-order valence-corrected chi connectivity index (χ4v) is 5.28. The van der Waals surface area contributed by atoms with Gasteiger partial charge >= 0.3 is 0 Å². The largest absolute Gasteiger partial charge is 0.333 e. The Labute approximate surface area is 181 Å². The maximum Gasteiger partial charge on any atom is 0.242 e. The van der Waals surface area contributed by atoms with Crippen molar-refractivity contribution in [3.8, 4) is 0 Å². The van der Waals surface area contributed by atoms with Crippen LogP contribution >= 0.6 is 11.3 Å². The predicted molar refractivity (Wildman–Crippen MR) is 117 cm³/mol. The lowest BCUT2D eigenvalue weighted by molar-refractivity contribution is -0.145. The van der Waals surface area contributed by atoms with E-state index >= 15 is 0 Å². The fourth-order valence-electron chi connectivity index (χ4n) is 4.37. The number of nitrogens with zero attached hydrogens (tertiary/aromatic N) is 2. The molecule has 0 unspecified atom stereocenters. The number of unbranched alkanes of at least 4 members (excludes halogenated alkanes) is 1. The van der Waals surface area contributed by atoms with Crippen molar-refractivity contribution < 1.29 is 14.0 Å². The van der Waals surface area contributed by atoms with Gasteiger partial charge in [-0.3, -0.25) is 9.59 Å². The van der Waals surface area contributed by atoms with Gasteiger partial charge in [-0.15, -0.1) is 11.3 Å². The van der Waals surface area contributed by atoms with Gasteiger partial charge in [0, 0.05) is 23.9 Å². The summed E-state index contributed by atoms with van der Waals surface area (Å²) in [5.74, 6) is -0.0817. The molecule has 0 spiro atoms. The third-order valence-electron chi connectivity index (χ3n) is 6.35. The Morgan fingerprint density at radius 1 is 1.20 bits per heavy atom. The zero-order valence-electron chi connectivity index (χ0n) is 17.5. The van der Waals surface area contributed by atoms with Crippen molar-refractivity contribution in [2.24, 2.45) is 5.92 Å². The molecule has 1 fully saturated rings. The van der Waals surface area contributed by atoms with Crippen LogP contribution in [0.5, 0.6) is 0 Å². The van der Waals surface area contributed by atoms with E-state index in [2.05, 4.69) is 18.4 Å². The summed E-state index contributed by atoms with van der Waals surface area (Å²) in [6, 6.07) is 8.28.